The minimum atomic E-state index is -0.801. The summed E-state index contributed by atoms with van der Waals surface area (Å²) in [4.78, 5) is 24.0. The Morgan fingerprint density at radius 1 is 0.875 bits per heavy atom. The summed E-state index contributed by atoms with van der Waals surface area (Å²) in [6.07, 6.45) is 0. The highest BCUT2D eigenvalue weighted by molar-refractivity contribution is 6.26. The van der Waals surface area contributed by atoms with Gasteiger partial charge in [0.05, 0.1) is 10.6 Å². The normalized spacial score (nSPS) is 11.6. The number of non-ortho nitro benzene ring substituents is 1. The third-order valence-corrected chi connectivity index (χ3v) is 7.15. The van der Waals surface area contributed by atoms with Crippen LogP contribution in [-0.2, 0) is 0 Å². The van der Waals surface area contributed by atoms with E-state index >= 15 is 0 Å². The van der Waals surface area contributed by atoms with Gasteiger partial charge in [-0.05, 0) is 56.9 Å². The molecular weight excluding hydrogens is 504 g/mol. The summed E-state index contributed by atoms with van der Waals surface area (Å²) in [6.45, 7) is 1.74. The number of nitriles is 2. The number of nitrogen functional groups attached to an aromatic ring is 1. The van der Waals surface area contributed by atoms with Crippen molar-refractivity contribution in [2.24, 2.45) is 5.10 Å². The first-order chi connectivity index (χ1) is 19.3. The first-order valence-corrected chi connectivity index (χ1v) is 12.2. The molecule has 6 aromatic rings. The van der Waals surface area contributed by atoms with E-state index in [1.54, 1.807) is 6.92 Å². The van der Waals surface area contributed by atoms with E-state index in [-0.39, 0.29) is 33.8 Å². The number of anilines is 1. The molecule has 1 aromatic heterocycles. The van der Waals surface area contributed by atoms with Crippen LogP contribution < -0.4 is 11.3 Å². The predicted octanol–water partition coefficient (Wildman–Crippen LogP) is 5.92. The van der Waals surface area contributed by atoms with Gasteiger partial charge in [0, 0.05) is 23.3 Å². The molecule has 9 heteroatoms. The van der Waals surface area contributed by atoms with Crippen LogP contribution in [0.2, 0.25) is 0 Å². The number of hydrogen-bond donors (Lipinski definition) is 1. The average molecular weight is 523 g/mol. The van der Waals surface area contributed by atoms with Crippen molar-refractivity contribution in [3.63, 3.8) is 0 Å². The molecule has 0 atom stereocenters. The van der Waals surface area contributed by atoms with Gasteiger partial charge in [-0.1, -0.05) is 54.6 Å². The van der Waals surface area contributed by atoms with Crippen molar-refractivity contribution in [1.29, 1.82) is 10.5 Å². The molecule has 9 nitrogen and oxygen atoms in total. The van der Waals surface area contributed by atoms with Crippen LogP contribution in [-0.4, -0.2) is 15.3 Å². The van der Waals surface area contributed by atoms with Crippen molar-refractivity contribution in [3.05, 3.63) is 116 Å². The molecule has 190 valence electrons. The molecule has 0 saturated heterocycles. The topological polar surface area (TPSA) is 151 Å². The van der Waals surface area contributed by atoms with Crippen molar-refractivity contribution in [1.82, 2.24) is 4.68 Å². The summed E-state index contributed by atoms with van der Waals surface area (Å²) in [7, 11) is 0. The van der Waals surface area contributed by atoms with Crippen molar-refractivity contribution in [2.75, 3.05) is 5.73 Å². The zero-order valence-electron chi connectivity index (χ0n) is 21.0. The van der Waals surface area contributed by atoms with Crippen LogP contribution in [0.4, 0.5) is 11.5 Å². The van der Waals surface area contributed by atoms with Crippen molar-refractivity contribution in [2.45, 2.75) is 6.92 Å². The second-order valence-electron chi connectivity index (χ2n) is 9.31. The lowest BCUT2D eigenvalue weighted by Gasteiger charge is -2.15. The van der Waals surface area contributed by atoms with Gasteiger partial charge in [0.15, 0.2) is 0 Å². The maximum Gasteiger partial charge on any atom is 0.291 e. The van der Waals surface area contributed by atoms with E-state index in [4.69, 9.17) is 5.73 Å². The van der Waals surface area contributed by atoms with Crippen LogP contribution in [0.25, 0.3) is 43.4 Å². The van der Waals surface area contributed by atoms with Crippen LogP contribution in [0, 0.1) is 32.8 Å². The maximum atomic E-state index is 13.5. The minimum Gasteiger partial charge on any atom is -0.382 e. The van der Waals surface area contributed by atoms with Gasteiger partial charge in [-0.2, -0.15) is 20.3 Å². The molecule has 0 aliphatic heterocycles. The molecule has 0 fully saturated rings. The van der Waals surface area contributed by atoms with Crippen LogP contribution in [0.1, 0.15) is 23.6 Å². The van der Waals surface area contributed by atoms with E-state index < -0.39 is 10.5 Å². The second kappa shape index (κ2) is 9.05. The molecule has 2 N–H and O–H groups in total. The molecule has 0 spiro atoms. The molecule has 0 radical (unpaired) electrons. The number of nitrogens with zero attached hydrogens (tertiary/aromatic N) is 5. The zero-order valence-corrected chi connectivity index (χ0v) is 21.0. The quantitative estimate of drug-likeness (QED) is 0.131. The lowest BCUT2D eigenvalue weighted by Crippen LogP contribution is -2.26. The van der Waals surface area contributed by atoms with Crippen molar-refractivity contribution in [3.8, 4) is 23.3 Å². The Labute approximate surface area is 226 Å². The summed E-state index contributed by atoms with van der Waals surface area (Å²) in [5.41, 5.74) is 6.39. The van der Waals surface area contributed by atoms with E-state index in [9.17, 15) is 25.4 Å². The van der Waals surface area contributed by atoms with E-state index in [2.05, 4.69) is 29.4 Å². The highest BCUT2D eigenvalue weighted by Crippen LogP contribution is 2.36. The van der Waals surface area contributed by atoms with Gasteiger partial charge < -0.3 is 5.73 Å². The Morgan fingerprint density at radius 2 is 1.48 bits per heavy atom. The fraction of sp³-hybridized carbons (Fsp3) is 0.0323. The average Bonchev–Trinajstić information content (AvgIpc) is 2.97. The number of nitrogens with two attached hydrogens (primary N) is 1. The van der Waals surface area contributed by atoms with E-state index in [1.807, 2.05) is 42.5 Å². The molecule has 0 bridgehead atoms. The second-order valence-corrected chi connectivity index (χ2v) is 9.31. The Hall–Kier alpha value is -6.06. The number of hydrogen-bond acceptors (Lipinski definition) is 7. The Bertz CT molecular complexity index is 2180. The van der Waals surface area contributed by atoms with Crippen LogP contribution in [0.15, 0.2) is 88.8 Å². The Balaban J connectivity index is 1.57. The number of rotatable bonds is 4. The highest BCUT2D eigenvalue weighted by Gasteiger charge is 2.23. The highest BCUT2D eigenvalue weighted by atomic mass is 16.6. The lowest BCUT2D eigenvalue weighted by molar-refractivity contribution is -0.384. The molecule has 6 rings (SSSR count). The summed E-state index contributed by atoms with van der Waals surface area (Å²) >= 11 is 0. The van der Waals surface area contributed by atoms with Crippen molar-refractivity contribution < 1.29 is 4.92 Å². The summed E-state index contributed by atoms with van der Waals surface area (Å²) < 4.78 is 0.874. The fourth-order valence-corrected chi connectivity index (χ4v) is 5.29. The lowest BCUT2D eigenvalue weighted by atomic mass is 9.91. The molecule has 0 unspecified atom stereocenters. The molecule has 5 aromatic carbocycles. The number of aromatic nitrogens is 1. The SMILES string of the molecule is C/C(=N\n1c(N)c(C#N)c(-c2ccc([N+](=O)[O-])cc2)c(C#N)c1=O)c1ccc2ccc3cccc4ccc1c2c34. The Morgan fingerprint density at radius 3 is 2.10 bits per heavy atom. The molecule has 1 heterocycles. The maximum absolute atomic E-state index is 13.5. The monoisotopic (exact) mass is 522 g/mol. The van der Waals surface area contributed by atoms with Crippen LogP contribution >= 0.6 is 0 Å². The summed E-state index contributed by atoms with van der Waals surface area (Å²) in [6, 6.07) is 27.3. The van der Waals surface area contributed by atoms with Gasteiger partial charge in [-0.3, -0.25) is 14.9 Å². The standard InChI is InChI=1S/C31H18N6O3/c1-17(23-13-9-21-6-5-18-3-2-4-19-10-14-24(23)29(21)27(18)19)35-36-30(34)25(15-32)28(26(16-33)31(36)38)20-7-11-22(12-8-20)37(39)40/h2-14H,34H2,1H3/b35-17+. The fourth-order valence-electron chi connectivity index (χ4n) is 5.29. The van der Waals surface area contributed by atoms with Gasteiger partial charge in [0.25, 0.3) is 11.2 Å². The zero-order chi connectivity index (χ0) is 28.1. The third-order valence-electron chi connectivity index (χ3n) is 7.15. The largest absolute Gasteiger partial charge is 0.382 e. The van der Waals surface area contributed by atoms with Gasteiger partial charge in [-0.25, -0.2) is 0 Å². The van der Waals surface area contributed by atoms with Crippen LogP contribution in [0.3, 0.4) is 0 Å². The van der Waals surface area contributed by atoms with Gasteiger partial charge in [-0.15, -0.1) is 0 Å². The summed E-state index contributed by atoms with van der Waals surface area (Å²) in [5, 5.41) is 41.9. The number of benzene rings is 5. The number of pyridine rings is 1. The molecule has 0 aliphatic rings. The van der Waals surface area contributed by atoms with E-state index in [1.165, 1.54) is 24.3 Å². The third kappa shape index (κ3) is 3.54. The smallest absolute Gasteiger partial charge is 0.291 e. The molecular formula is C31H18N6O3. The summed E-state index contributed by atoms with van der Waals surface area (Å²) in [5.74, 6) is -0.239. The molecule has 0 aliphatic carbocycles. The predicted molar refractivity (Wildman–Crippen MR) is 154 cm³/mol. The van der Waals surface area contributed by atoms with Gasteiger partial charge in [0.2, 0.25) is 0 Å². The van der Waals surface area contributed by atoms with E-state index in [0.717, 1.165) is 42.6 Å². The van der Waals surface area contributed by atoms with E-state index in [0.29, 0.717) is 5.71 Å². The first kappa shape index (κ1) is 24.3. The molecule has 0 amide bonds. The first-order valence-electron chi connectivity index (χ1n) is 12.2. The van der Waals surface area contributed by atoms with Crippen molar-refractivity contribution >= 4 is 49.5 Å². The number of nitro groups is 1. The minimum absolute atomic E-state index is 0.00855. The molecule has 0 saturated carbocycles. The van der Waals surface area contributed by atoms with Gasteiger partial charge in [0.1, 0.15) is 29.1 Å². The number of nitro benzene ring substituents is 1. The van der Waals surface area contributed by atoms with Gasteiger partial charge >= 0.3 is 0 Å². The Kier molecular flexibility index (Phi) is 5.49. The van der Waals surface area contributed by atoms with Crippen LogP contribution in [0.5, 0.6) is 0 Å². The molecule has 40 heavy (non-hydrogen) atoms.